The molecule has 0 aliphatic rings. The van der Waals surface area contributed by atoms with Crippen molar-refractivity contribution in [2.24, 2.45) is 22.6 Å². The number of hydrogen-bond acceptors (Lipinski definition) is 5. The highest BCUT2D eigenvalue weighted by atomic mass is 16.4. The van der Waals surface area contributed by atoms with Crippen LogP contribution in [0.1, 0.15) is 51.2 Å². The van der Waals surface area contributed by atoms with E-state index >= 15 is 0 Å². The van der Waals surface area contributed by atoms with E-state index in [1.807, 2.05) is 69.3 Å². The number of carbonyl (C=O) groups is 2. The van der Waals surface area contributed by atoms with E-state index in [0.29, 0.717) is 6.42 Å². The van der Waals surface area contributed by atoms with Crippen LogP contribution in [0, 0.1) is 5.92 Å². The van der Waals surface area contributed by atoms with Crippen LogP contribution in [0.2, 0.25) is 0 Å². The molecule has 0 unspecified atom stereocenters. The lowest BCUT2D eigenvalue weighted by molar-refractivity contribution is -0.153. The molecule has 8 nitrogen and oxygen atoms in total. The first kappa shape index (κ1) is 24.9. The summed E-state index contributed by atoms with van der Waals surface area (Å²) >= 11 is 0. The lowest BCUT2D eigenvalue weighted by Gasteiger charge is -2.32. The van der Waals surface area contributed by atoms with Crippen molar-refractivity contribution < 1.29 is 14.7 Å². The Hall–Kier alpha value is -3.39. The minimum atomic E-state index is -0.987. The molecule has 0 saturated heterocycles. The Labute approximate surface area is 189 Å². The number of nitrogens with zero attached hydrogens (tertiary/aromatic N) is 2. The van der Waals surface area contributed by atoms with Gasteiger partial charge in [0.25, 0.3) is 0 Å². The molecule has 0 aliphatic heterocycles. The number of carboxylic acid groups (broad SMARTS) is 1. The molecule has 0 heterocycles. The van der Waals surface area contributed by atoms with Gasteiger partial charge in [0.05, 0.1) is 0 Å². The van der Waals surface area contributed by atoms with E-state index in [9.17, 15) is 14.7 Å². The zero-order valence-electron chi connectivity index (χ0n) is 18.9. The molecule has 2 aromatic rings. The molecule has 6 N–H and O–H groups in total. The number of hydrazone groups is 1. The van der Waals surface area contributed by atoms with Gasteiger partial charge in [0.2, 0.25) is 5.91 Å². The van der Waals surface area contributed by atoms with Crippen LogP contribution in [0.15, 0.2) is 53.6 Å². The fraction of sp³-hybridized carbons (Fsp3) is 0.375. The SMILES string of the molecule is CCCCC(=O)N(Cc1ccc(-c2ccccc2/C(N)=N/NN)cc1)[C@H](C(=O)O)C(C)C. The first-order chi connectivity index (χ1) is 15.3. The Balaban J connectivity index is 2.34. The van der Waals surface area contributed by atoms with Gasteiger partial charge in [0, 0.05) is 18.5 Å². The van der Waals surface area contributed by atoms with E-state index in [-0.39, 0.29) is 24.2 Å². The van der Waals surface area contributed by atoms with Gasteiger partial charge < -0.3 is 15.7 Å². The Morgan fingerprint density at radius 2 is 1.78 bits per heavy atom. The average Bonchev–Trinajstić information content (AvgIpc) is 2.77. The lowest BCUT2D eigenvalue weighted by Crippen LogP contribution is -2.47. The van der Waals surface area contributed by atoms with Crippen LogP contribution in [-0.4, -0.2) is 33.8 Å². The predicted molar refractivity (Wildman–Crippen MR) is 126 cm³/mol. The molecule has 0 radical (unpaired) electrons. The minimum Gasteiger partial charge on any atom is -0.480 e. The molecule has 0 fully saturated rings. The Morgan fingerprint density at radius 3 is 2.34 bits per heavy atom. The minimum absolute atomic E-state index is 0.138. The van der Waals surface area contributed by atoms with Gasteiger partial charge in [0.15, 0.2) is 5.84 Å². The summed E-state index contributed by atoms with van der Waals surface area (Å²) in [7, 11) is 0. The van der Waals surface area contributed by atoms with E-state index in [1.54, 1.807) is 0 Å². The molecular formula is C24H33N5O3. The normalized spacial score (nSPS) is 12.5. The number of hydrogen-bond donors (Lipinski definition) is 4. The number of hydrazine groups is 1. The molecule has 0 saturated carbocycles. The van der Waals surface area contributed by atoms with E-state index in [2.05, 4.69) is 10.6 Å². The molecule has 0 bridgehead atoms. The largest absolute Gasteiger partial charge is 0.480 e. The highest BCUT2D eigenvalue weighted by Crippen LogP contribution is 2.25. The summed E-state index contributed by atoms with van der Waals surface area (Å²) in [5.74, 6) is 4.19. The van der Waals surface area contributed by atoms with Crippen LogP contribution in [0.25, 0.3) is 11.1 Å². The molecule has 0 aromatic heterocycles. The second-order valence-electron chi connectivity index (χ2n) is 8.02. The molecule has 1 atom stereocenters. The van der Waals surface area contributed by atoms with Crippen LogP contribution in [0.5, 0.6) is 0 Å². The van der Waals surface area contributed by atoms with Gasteiger partial charge in [-0.3, -0.25) is 4.79 Å². The summed E-state index contributed by atoms with van der Waals surface area (Å²) in [6.07, 6.45) is 1.95. The summed E-state index contributed by atoms with van der Waals surface area (Å²) in [4.78, 5) is 26.2. The van der Waals surface area contributed by atoms with Gasteiger partial charge in [-0.15, -0.1) is 5.10 Å². The number of amidine groups is 1. The lowest BCUT2D eigenvalue weighted by atomic mass is 9.97. The quantitative estimate of drug-likeness (QED) is 0.184. The summed E-state index contributed by atoms with van der Waals surface area (Å²) in [6, 6.07) is 14.3. The fourth-order valence-electron chi connectivity index (χ4n) is 3.67. The smallest absolute Gasteiger partial charge is 0.326 e. The summed E-state index contributed by atoms with van der Waals surface area (Å²) < 4.78 is 0. The third-order valence-electron chi connectivity index (χ3n) is 5.29. The van der Waals surface area contributed by atoms with Gasteiger partial charge >= 0.3 is 5.97 Å². The molecule has 172 valence electrons. The van der Waals surface area contributed by atoms with Crippen molar-refractivity contribution in [2.45, 2.75) is 52.6 Å². The number of rotatable bonds is 11. The first-order valence-electron chi connectivity index (χ1n) is 10.8. The molecule has 2 rings (SSSR count). The number of nitrogens with one attached hydrogen (secondary N) is 1. The van der Waals surface area contributed by atoms with Crippen LogP contribution >= 0.6 is 0 Å². The average molecular weight is 440 g/mol. The third-order valence-corrected chi connectivity index (χ3v) is 5.29. The topological polar surface area (TPSA) is 134 Å². The van der Waals surface area contributed by atoms with Crippen molar-refractivity contribution in [2.75, 3.05) is 0 Å². The van der Waals surface area contributed by atoms with Crippen LogP contribution in [0.4, 0.5) is 0 Å². The van der Waals surface area contributed by atoms with E-state index in [0.717, 1.165) is 35.1 Å². The highest BCUT2D eigenvalue weighted by molar-refractivity contribution is 6.03. The van der Waals surface area contributed by atoms with Crippen LogP contribution in [0.3, 0.4) is 0 Å². The Morgan fingerprint density at radius 1 is 1.12 bits per heavy atom. The van der Waals surface area contributed by atoms with Gasteiger partial charge in [-0.25, -0.2) is 16.2 Å². The molecule has 2 aromatic carbocycles. The highest BCUT2D eigenvalue weighted by Gasteiger charge is 2.32. The maximum absolute atomic E-state index is 12.8. The van der Waals surface area contributed by atoms with Crippen LogP contribution < -0.4 is 17.1 Å². The molecule has 1 amide bonds. The second kappa shape index (κ2) is 11.9. The van der Waals surface area contributed by atoms with E-state index in [1.165, 1.54) is 4.90 Å². The van der Waals surface area contributed by atoms with Crippen molar-refractivity contribution >= 4 is 17.7 Å². The van der Waals surface area contributed by atoms with Crippen molar-refractivity contribution in [3.8, 4) is 11.1 Å². The van der Waals surface area contributed by atoms with E-state index < -0.39 is 12.0 Å². The van der Waals surface area contributed by atoms with Crippen molar-refractivity contribution in [1.29, 1.82) is 0 Å². The second-order valence-corrected chi connectivity index (χ2v) is 8.02. The number of amides is 1. The first-order valence-corrected chi connectivity index (χ1v) is 10.8. The van der Waals surface area contributed by atoms with Crippen LogP contribution in [-0.2, 0) is 16.1 Å². The molecular weight excluding hydrogens is 406 g/mol. The molecule has 0 aliphatic carbocycles. The number of benzene rings is 2. The van der Waals surface area contributed by atoms with Crippen molar-refractivity contribution in [1.82, 2.24) is 10.4 Å². The standard InChI is InChI=1S/C24H33N5O3/c1-4-5-10-21(30)29(22(16(2)3)24(31)32)15-17-11-13-18(14-12-17)19-8-6-7-9-20(19)23(25)27-28-26/h6-9,11-14,16,22,28H,4-5,10,15,26H2,1-3H3,(H2,25,27)(H,31,32)/t22-/m0/s1. The summed E-state index contributed by atoms with van der Waals surface area (Å²) in [5.41, 5.74) is 11.6. The number of nitrogens with two attached hydrogens (primary N) is 2. The van der Waals surface area contributed by atoms with Gasteiger partial charge in [-0.2, -0.15) is 0 Å². The zero-order valence-corrected chi connectivity index (χ0v) is 18.9. The predicted octanol–water partition coefficient (Wildman–Crippen LogP) is 3.07. The molecule has 32 heavy (non-hydrogen) atoms. The maximum atomic E-state index is 12.8. The maximum Gasteiger partial charge on any atom is 0.326 e. The summed E-state index contributed by atoms with van der Waals surface area (Å²) in [5, 5.41) is 13.6. The Kier molecular flexibility index (Phi) is 9.22. The van der Waals surface area contributed by atoms with Crippen molar-refractivity contribution in [3.63, 3.8) is 0 Å². The molecule has 8 heteroatoms. The zero-order chi connectivity index (χ0) is 23.7. The summed E-state index contributed by atoms with van der Waals surface area (Å²) in [6.45, 7) is 5.88. The Bertz CT molecular complexity index is 941. The number of aliphatic carboxylic acids is 1. The molecule has 0 spiro atoms. The monoisotopic (exact) mass is 439 g/mol. The van der Waals surface area contributed by atoms with Crippen molar-refractivity contribution in [3.05, 3.63) is 59.7 Å². The van der Waals surface area contributed by atoms with Gasteiger partial charge in [-0.05, 0) is 29.0 Å². The van der Waals surface area contributed by atoms with Gasteiger partial charge in [-0.1, -0.05) is 75.7 Å². The fourth-order valence-corrected chi connectivity index (χ4v) is 3.67. The number of unbranched alkanes of at least 4 members (excludes halogenated alkanes) is 1. The number of carboxylic acids is 1. The third kappa shape index (κ3) is 6.31. The van der Waals surface area contributed by atoms with E-state index in [4.69, 9.17) is 11.6 Å². The van der Waals surface area contributed by atoms with Gasteiger partial charge in [0.1, 0.15) is 6.04 Å². The number of carbonyl (C=O) groups excluding carboxylic acids is 1.